The zero-order valence-electron chi connectivity index (χ0n) is 12.4. The molecule has 1 saturated heterocycles. The summed E-state index contributed by atoms with van der Waals surface area (Å²) >= 11 is 0. The second-order valence-electron chi connectivity index (χ2n) is 5.47. The highest BCUT2D eigenvalue weighted by Gasteiger charge is 2.37. The molecule has 2 N–H and O–H groups in total. The molecule has 114 valence electrons. The van der Waals surface area contributed by atoms with E-state index in [1.165, 1.54) is 4.90 Å². The number of hydrogen-bond donors (Lipinski definition) is 2. The quantitative estimate of drug-likeness (QED) is 0.649. The Kier molecular flexibility index (Phi) is 6.13. The van der Waals surface area contributed by atoms with Crippen LogP contribution in [0.5, 0.6) is 0 Å². The predicted molar refractivity (Wildman–Crippen MR) is 74.0 cm³/mol. The molecule has 1 rings (SSSR count). The van der Waals surface area contributed by atoms with Crippen molar-refractivity contribution in [2.45, 2.75) is 58.5 Å². The molecule has 1 fully saturated rings. The standard InChI is InChI=1S/C14H24N2O4/c1-4-16-12(17)8-11(13(16)18)15-10(3)7-5-6-9(2)14(19)20/h9-11,15H,4-8H2,1-3H3,(H,19,20). The Hall–Kier alpha value is -1.43. The zero-order chi connectivity index (χ0) is 15.3. The Balaban J connectivity index is 2.33. The molecule has 20 heavy (non-hydrogen) atoms. The van der Waals surface area contributed by atoms with Gasteiger partial charge in [-0.25, -0.2) is 0 Å². The van der Waals surface area contributed by atoms with Gasteiger partial charge in [0.25, 0.3) is 0 Å². The molecule has 6 nitrogen and oxygen atoms in total. The van der Waals surface area contributed by atoms with E-state index in [4.69, 9.17) is 5.11 Å². The first kappa shape index (κ1) is 16.6. The van der Waals surface area contributed by atoms with Crippen LogP contribution in [0.3, 0.4) is 0 Å². The van der Waals surface area contributed by atoms with Crippen LogP contribution in [0.2, 0.25) is 0 Å². The lowest BCUT2D eigenvalue weighted by atomic mass is 10.0. The number of nitrogens with one attached hydrogen (secondary N) is 1. The van der Waals surface area contributed by atoms with Crippen molar-refractivity contribution >= 4 is 17.8 Å². The van der Waals surface area contributed by atoms with Crippen LogP contribution in [0.25, 0.3) is 0 Å². The Morgan fingerprint density at radius 1 is 1.40 bits per heavy atom. The number of carboxylic acids is 1. The maximum absolute atomic E-state index is 11.9. The van der Waals surface area contributed by atoms with E-state index in [0.29, 0.717) is 13.0 Å². The highest BCUT2D eigenvalue weighted by molar-refractivity contribution is 6.05. The van der Waals surface area contributed by atoms with Gasteiger partial charge in [-0.05, 0) is 26.7 Å². The molecule has 0 saturated carbocycles. The molecule has 0 radical (unpaired) electrons. The molecule has 1 aliphatic rings. The summed E-state index contributed by atoms with van der Waals surface area (Å²) in [7, 11) is 0. The van der Waals surface area contributed by atoms with Crippen molar-refractivity contribution in [1.29, 1.82) is 0 Å². The number of imide groups is 1. The van der Waals surface area contributed by atoms with Gasteiger partial charge in [0.1, 0.15) is 0 Å². The number of carbonyl (C=O) groups is 3. The molecule has 0 aliphatic carbocycles. The number of rotatable bonds is 8. The lowest BCUT2D eigenvalue weighted by molar-refractivity contribution is -0.141. The molecule has 1 aliphatic heterocycles. The third-order valence-electron chi connectivity index (χ3n) is 3.74. The Morgan fingerprint density at radius 2 is 2.05 bits per heavy atom. The predicted octanol–water partition coefficient (Wildman–Crippen LogP) is 1.00. The summed E-state index contributed by atoms with van der Waals surface area (Å²) in [6.07, 6.45) is 2.43. The van der Waals surface area contributed by atoms with Gasteiger partial charge in [0.15, 0.2) is 0 Å². The van der Waals surface area contributed by atoms with Gasteiger partial charge in [-0.15, -0.1) is 0 Å². The number of carbonyl (C=O) groups excluding carboxylic acids is 2. The van der Waals surface area contributed by atoms with Crippen LogP contribution in [0.4, 0.5) is 0 Å². The number of carboxylic acid groups (broad SMARTS) is 1. The summed E-state index contributed by atoms with van der Waals surface area (Å²) in [4.78, 5) is 35.5. The topological polar surface area (TPSA) is 86.7 Å². The second-order valence-corrected chi connectivity index (χ2v) is 5.47. The molecule has 3 atom stereocenters. The molecule has 3 unspecified atom stereocenters. The smallest absolute Gasteiger partial charge is 0.306 e. The average molecular weight is 284 g/mol. The van der Waals surface area contributed by atoms with Crippen molar-refractivity contribution in [1.82, 2.24) is 10.2 Å². The fourth-order valence-electron chi connectivity index (χ4n) is 2.43. The first-order chi connectivity index (χ1) is 9.36. The van der Waals surface area contributed by atoms with Crippen LogP contribution in [-0.2, 0) is 14.4 Å². The van der Waals surface area contributed by atoms with E-state index >= 15 is 0 Å². The van der Waals surface area contributed by atoms with Gasteiger partial charge < -0.3 is 10.4 Å². The molecule has 2 amide bonds. The van der Waals surface area contributed by atoms with E-state index in [0.717, 1.165) is 12.8 Å². The van der Waals surface area contributed by atoms with Gasteiger partial charge in [0, 0.05) is 12.6 Å². The number of hydrogen-bond acceptors (Lipinski definition) is 4. The van der Waals surface area contributed by atoms with E-state index in [1.54, 1.807) is 13.8 Å². The molecule has 0 bridgehead atoms. The molecule has 0 aromatic rings. The fourth-order valence-corrected chi connectivity index (χ4v) is 2.43. The molecular weight excluding hydrogens is 260 g/mol. The zero-order valence-corrected chi connectivity index (χ0v) is 12.4. The SMILES string of the molecule is CCN1C(=O)CC(NC(C)CCCC(C)C(=O)O)C1=O. The summed E-state index contributed by atoms with van der Waals surface area (Å²) in [5.41, 5.74) is 0. The minimum Gasteiger partial charge on any atom is -0.481 e. The molecule has 0 aromatic heterocycles. The first-order valence-electron chi connectivity index (χ1n) is 7.19. The van der Waals surface area contributed by atoms with Gasteiger partial charge >= 0.3 is 5.97 Å². The van der Waals surface area contributed by atoms with E-state index in [1.807, 2.05) is 6.92 Å². The minimum absolute atomic E-state index is 0.0922. The van der Waals surface area contributed by atoms with E-state index in [2.05, 4.69) is 5.32 Å². The van der Waals surface area contributed by atoms with Crippen molar-refractivity contribution in [3.05, 3.63) is 0 Å². The van der Waals surface area contributed by atoms with Crippen molar-refractivity contribution in [3.8, 4) is 0 Å². The van der Waals surface area contributed by atoms with Gasteiger partial charge in [-0.1, -0.05) is 13.3 Å². The van der Waals surface area contributed by atoms with Gasteiger partial charge in [0.2, 0.25) is 11.8 Å². The highest BCUT2D eigenvalue weighted by atomic mass is 16.4. The Bertz CT molecular complexity index is 383. The van der Waals surface area contributed by atoms with Crippen molar-refractivity contribution in [2.75, 3.05) is 6.54 Å². The number of likely N-dealkylation sites (N-methyl/N-ethyl adjacent to an activating group) is 1. The van der Waals surface area contributed by atoms with Gasteiger partial charge in [0.05, 0.1) is 18.4 Å². The molecule has 6 heteroatoms. The van der Waals surface area contributed by atoms with E-state index in [9.17, 15) is 14.4 Å². The first-order valence-corrected chi connectivity index (χ1v) is 7.19. The van der Waals surface area contributed by atoms with E-state index in [-0.39, 0.29) is 30.2 Å². The van der Waals surface area contributed by atoms with Crippen LogP contribution in [-0.4, -0.2) is 46.4 Å². The summed E-state index contributed by atoms with van der Waals surface area (Å²) in [5.74, 6) is -1.39. The molecule has 1 heterocycles. The Morgan fingerprint density at radius 3 is 2.55 bits per heavy atom. The normalized spacial score (nSPS) is 22.1. The number of aliphatic carboxylic acids is 1. The number of likely N-dealkylation sites (tertiary alicyclic amines) is 1. The van der Waals surface area contributed by atoms with Crippen LogP contribution in [0, 0.1) is 5.92 Å². The largest absolute Gasteiger partial charge is 0.481 e. The summed E-state index contributed by atoms with van der Waals surface area (Å²) in [6, 6.07) is -0.330. The van der Waals surface area contributed by atoms with Crippen LogP contribution >= 0.6 is 0 Å². The van der Waals surface area contributed by atoms with Crippen LogP contribution in [0.1, 0.15) is 46.5 Å². The molecule has 0 aromatic carbocycles. The lowest BCUT2D eigenvalue weighted by Gasteiger charge is -2.18. The fraction of sp³-hybridized carbons (Fsp3) is 0.786. The molecular formula is C14H24N2O4. The lowest BCUT2D eigenvalue weighted by Crippen LogP contribution is -2.42. The Labute approximate surface area is 119 Å². The summed E-state index contributed by atoms with van der Waals surface area (Å²) < 4.78 is 0. The maximum atomic E-state index is 11.9. The van der Waals surface area contributed by atoms with Crippen LogP contribution < -0.4 is 5.32 Å². The van der Waals surface area contributed by atoms with Crippen molar-refractivity contribution in [2.24, 2.45) is 5.92 Å². The van der Waals surface area contributed by atoms with E-state index < -0.39 is 12.0 Å². The van der Waals surface area contributed by atoms with Gasteiger partial charge in [-0.2, -0.15) is 0 Å². The number of nitrogens with zero attached hydrogens (tertiary/aromatic N) is 1. The number of amides is 2. The summed E-state index contributed by atoms with van der Waals surface area (Å²) in [5, 5.41) is 12.0. The highest BCUT2D eigenvalue weighted by Crippen LogP contribution is 2.15. The maximum Gasteiger partial charge on any atom is 0.306 e. The van der Waals surface area contributed by atoms with Crippen molar-refractivity contribution < 1.29 is 19.5 Å². The van der Waals surface area contributed by atoms with Gasteiger partial charge in [-0.3, -0.25) is 19.3 Å². The third kappa shape index (κ3) is 4.30. The van der Waals surface area contributed by atoms with Crippen LogP contribution in [0.15, 0.2) is 0 Å². The third-order valence-corrected chi connectivity index (χ3v) is 3.74. The summed E-state index contributed by atoms with van der Waals surface area (Å²) in [6.45, 7) is 5.85. The monoisotopic (exact) mass is 284 g/mol. The molecule has 0 spiro atoms. The minimum atomic E-state index is -0.777. The van der Waals surface area contributed by atoms with Crippen molar-refractivity contribution in [3.63, 3.8) is 0 Å². The second kappa shape index (κ2) is 7.38. The average Bonchev–Trinajstić information content (AvgIpc) is 2.63.